The predicted molar refractivity (Wildman–Crippen MR) is 141 cm³/mol. The number of azo groups is 1. The molecule has 1 aliphatic heterocycles. The average Bonchev–Trinajstić information content (AvgIpc) is 3.11. The van der Waals surface area contributed by atoms with Gasteiger partial charge in [-0.05, 0) is 66.9 Å². The van der Waals surface area contributed by atoms with E-state index in [1.807, 2.05) is 47.9 Å². The second kappa shape index (κ2) is 9.37. The molecule has 0 atom stereocenters. The fourth-order valence-electron chi connectivity index (χ4n) is 4.51. The van der Waals surface area contributed by atoms with Crippen molar-refractivity contribution in [2.24, 2.45) is 10.2 Å². The lowest BCUT2D eigenvalue weighted by Crippen LogP contribution is -2.32. The van der Waals surface area contributed by atoms with Crippen LogP contribution in [0.3, 0.4) is 0 Å². The molecule has 7 heteroatoms. The zero-order valence-electron chi connectivity index (χ0n) is 19.3. The van der Waals surface area contributed by atoms with Gasteiger partial charge in [-0.3, -0.25) is 9.47 Å². The van der Waals surface area contributed by atoms with Crippen LogP contribution >= 0.6 is 12.2 Å². The van der Waals surface area contributed by atoms with E-state index in [0.29, 0.717) is 12.4 Å². The van der Waals surface area contributed by atoms with Crippen molar-refractivity contribution in [3.63, 3.8) is 0 Å². The highest BCUT2D eigenvalue weighted by Crippen LogP contribution is 2.39. The summed E-state index contributed by atoms with van der Waals surface area (Å²) in [5.74, 6) is 0.0957. The molecule has 1 aliphatic rings. The third kappa shape index (κ3) is 4.32. The number of nitrogens with zero attached hydrogens (tertiary/aromatic N) is 4. The van der Waals surface area contributed by atoms with Gasteiger partial charge in [-0.2, -0.15) is 0 Å². The van der Waals surface area contributed by atoms with Crippen LogP contribution < -0.4 is 5.32 Å². The maximum Gasteiger partial charge on any atom is 0.221 e. The molecular formula is C27H27N5OS. The van der Waals surface area contributed by atoms with E-state index in [1.54, 1.807) is 0 Å². The lowest BCUT2D eigenvalue weighted by Gasteiger charge is -2.29. The maximum absolute atomic E-state index is 11.1. The number of aromatic nitrogens is 1. The molecule has 3 aromatic carbocycles. The molecule has 2 N–H and O–H groups in total. The van der Waals surface area contributed by atoms with Crippen LogP contribution in [0.5, 0.6) is 5.88 Å². The minimum Gasteiger partial charge on any atom is -0.493 e. The molecule has 2 heterocycles. The first-order valence-corrected chi connectivity index (χ1v) is 11.8. The highest BCUT2D eigenvalue weighted by atomic mass is 32.1. The van der Waals surface area contributed by atoms with E-state index in [4.69, 9.17) is 12.2 Å². The lowest BCUT2D eigenvalue weighted by molar-refractivity contribution is 0.194. The van der Waals surface area contributed by atoms with Gasteiger partial charge >= 0.3 is 0 Å². The Balaban J connectivity index is 1.40. The number of aromatic hydroxyl groups is 1. The van der Waals surface area contributed by atoms with Gasteiger partial charge in [0.15, 0.2) is 5.69 Å². The number of rotatable bonds is 4. The Morgan fingerprint density at radius 3 is 2.62 bits per heavy atom. The summed E-state index contributed by atoms with van der Waals surface area (Å²) in [6.07, 6.45) is 1.00. The van der Waals surface area contributed by atoms with E-state index in [0.717, 1.165) is 41.7 Å². The summed E-state index contributed by atoms with van der Waals surface area (Å²) in [6.45, 7) is 6.45. The minimum atomic E-state index is 0.0957. The van der Waals surface area contributed by atoms with Gasteiger partial charge in [0, 0.05) is 24.2 Å². The zero-order chi connectivity index (χ0) is 23.7. The SMILES string of the molecule is Cc1cccc(NC(=S)N=Nc2c(O)n(CN3CCc4ccccc4C3)c3ccccc23)c1C. The second-order valence-electron chi connectivity index (χ2n) is 8.71. The first-order valence-electron chi connectivity index (χ1n) is 11.4. The maximum atomic E-state index is 11.1. The third-order valence-electron chi connectivity index (χ3n) is 6.56. The van der Waals surface area contributed by atoms with Crippen molar-refractivity contribution in [2.45, 2.75) is 33.5 Å². The molecule has 0 unspecified atom stereocenters. The fraction of sp³-hybridized carbons (Fsp3) is 0.222. The van der Waals surface area contributed by atoms with Crippen LogP contribution in [0.2, 0.25) is 0 Å². The molecule has 0 fully saturated rings. The van der Waals surface area contributed by atoms with E-state index in [1.165, 1.54) is 16.7 Å². The first-order chi connectivity index (χ1) is 16.5. The van der Waals surface area contributed by atoms with Crippen LogP contribution in [0.25, 0.3) is 10.9 Å². The van der Waals surface area contributed by atoms with Gasteiger partial charge in [0.25, 0.3) is 0 Å². The molecule has 0 amide bonds. The number of nitrogens with one attached hydrogen (secondary N) is 1. The molecule has 0 saturated carbocycles. The second-order valence-corrected chi connectivity index (χ2v) is 9.09. The third-order valence-corrected chi connectivity index (χ3v) is 6.74. The smallest absolute Gasteiger partial charge is 0.221 e. The summed E-state index contributed by atoms with van der Waals surface area (Å²) in [5.41, 5.74) is 7.28. The Kier molecular flexibility index (Phi) is 6.13. The van der Waals surface area contributed by atoms with Gasteiger partial charge in [0.1, 0.15) is 0 Å². The highest BCUT2D eigenvalue weighted by molar-refractivity contribution is 7.80. The topological polar surface area (TPSA) is 65.2 Å². The van der Waals surface area contributed by atoms with Crippen LogP contribution in [-0.2, 0) is 19.6 Å². The minimum absolute atomic E-state index is 0.0957. The van der Waals surface area contributed by atoms with Crippen LogP contribution in [0.4, 0.5) is 11.4 Å². The number of aryl methyl sites for hydroxylation is 1. The van der Waals surface area contributed by atoms with Gasteiger partial charge in [-0.1, -0.05) is 54.6 Å². The van der Waals surface area contributed by atoms with Crippen molar-refractivity contribution < 1.29 is 5.11 Å². The molecule has 1 aromatic heterocycles. The molecule has 172 valence electrons. The standard InChI is InChI=1S/C27H27N5OS/c1-18-8-7-12-23(19(18)2)28-27(34)30-29-25-22-11-5-6-13-24(22)32(26(25)33)17-31-15-14-20-9-3-4-10-21(20)16-31/h3-13,33H,14-17H2,1-2H3,(H,28,34). The van der Waals surface area contributed by atoms with Crippen molar-refractivity contribution in [3.8, 4) is 5.88 Å². The zero-order valence-corrected chi connectivity index (χ0v) is 20.1. The summed E-state index contributed by atoms with van der Waals surface area (Å²) in [6, 6.07) is 22.4. The van der Waals surface area contributed by atoms with Crippen molar-refractivity contribution in [1.29, 1.82) is 0 Å². The highest BCUT2D eigenvalue weighted by Gasteiger charge is 2.21. The molecule has 0 radical (unpaired) electrons. The number of fused-ring (bicyclic) bond motifs is 2. The normalized spacial score (nSPS) is 13.9. The van der Waals surface area contributed by atoms with Gasteiger partial charge in [-0.15, -0.1) is 10.2 Å². The van der Waals surface area contributed by atoms with E-state index in [2.05, 4.69) is 57.7 Å². The van der Waals surface area contributed by atoms with Gasteiger partial charge in [0.2, 0.25) is 11.0 Å². The van der Waals surface area contributed by atoms with Crippen molar-refractivity contribution in [1.82, 2.24) is 9.47 Å². The first kappa shape index (κ1) is 22.3. The molecule has 34 heavy (non-hydrogen) atoms. The molecule has 0 aliphatic carbocycles. The Morgan fingerprint density at radius 1 is 1.00 bits per heavy atom. The molecule has 0 spiro atoms. The van der Waals surface area contributed by atoms with Crippen LogP contribution in [0, 0.1) is 13.8 Å². The van der Waals surface area contributed by atoms with Crippen LogP contribution in [0.1, 0.15) is 22.3 Å². The summed E-state index contributed by atoms with van der Waals surface area (Å²) in [7, 11) is 0. The van der Waals surface area contributed by atoms with Crippen molar-refractivity contribution >= 4 is 39.6 Å². The number of hydrogen-bond acceptors (Lipinski definition) is 4. The Labute approximate surface area is 204 Å². The van der Waals surface area contributed by atoms with Crippen LogP contribution in [-0.4, -0.2) is 26.2 Å². The van der Waals surface area contributed by atoms with E-state index >= 15 is 0 Å². The monoisotopic (exact) mass is 469 g/mol. The van der Waals surface area contributed by atoms with Gasteiger partial charge < -0.3 is 10.4 Å². The van der Waals surface area contributed by atoms with Gasteiger partial charge in [-0.25, -0.2) is 0 Å². The number of anilines is 1. The molecule has 0 bridgehead atoms. The molecule has 5 rings (SSSR count). The molecule has 0 saturated heterocycles. The quantitative estimate of drug-likeness (QED) is 0.266. The predicted octanol–water partition coefficient (Wildman–Crippen LogP) is 6.46. The Bertz CT molecular complexity index is 1410. The van der Waals surface area contributed by atoms with E-state index < -0.39 is 0 Å². The van der Waals surface area contributed by atoms with E-state index in [-0.39, 0.29) is 11.0 Å². The molecular weight excluding hydrogens is 442 g/mol. The van der Waals surface area contributed by atoms with Gasteiger partial charge in [0.05, 0.1) is 12.2 Å². The summed E-state index contributed by atoms with van der Waals surface area (Å²) in [4.78, 5) is 2.34. The number of thiocarbonyl (C=S) groups is 1. The lowest BCUT2D eigenvalue weighted by atomic mass is 10.0. The summed E-state index contributed by atoms with van der Waals surface area (Å²) < 4.78 is 1.90. The molecule has 4 aromatic rings. The Hall–Kier alpha value is -3.55. The number of para-hydroxylation sites is 1. The average molecular weight is 470 g/mol. The van der Waals surface area contributed by atoms with E-state index in [9.17, 15) is 5.11 Å². The number of benzene rings is 3. The number of hydrogen-bond donors (Lipinski definition) is 2. The van der Waals surface area contributed by atoms with Crippen molar-refractivity contribution in [2.75, 3.05) is 11.9 Å². The molecule has 6 nitrogen and oxygen atoms in total. The fourth-order valence-corrected chi connectivity index (χ4v) is 4.66. The van der Waals surface area contributed by atoms with Crippen molar-refractivity contribution in [3.05, 3.63) is 89.0 Å². The summed E-state index contributed by atoms with van der Waals surface area (Å²) >= 11 is 5.41. The summed E-state index contributed by atoms with van der Waals surface area (Å²) in [5, 5.41) is 24.0. The Morgan fingerprint density at radius 2 is 1.76 bits per heavy atom. The largest absolute Gasteiger partial charge is 0.493 e. The van der Waals surface area contributed by atoms with Crippen LogP contribution in [0.15, 0.2) is 77.0 Å².